The maximum Gasteiger partial charge on any atom is 0.235 e. The van der Waals surface area contributed by atoms with E-state index in [-0.39, 0.29) is 0 Å². The number of anilines is 1. The van der Waals surface area contributed by atoms with Crippen molar-refractivity contribution >= 4 is 33.2 Å². The maximum absolute atomic E-state index is 5.84. The molecule has 1 N–H and O–H groups in total. The Morgan fingerprint density at radius 1 is 1.44 bits per heavy atom. The highest BCUT2D eigenvalue weighted by Crippen LogP contribution is 2.26. The molecule has 84 valence electrons. The van der Waals surface area contributed by atoms with Crippen LogP contribution in [0.4, 0.5) is 5.69 Å². The van der Waals surface area contributed by atoms with E-state index in [9.17, 15) is 0 Å². The van der Waals surface area contributed by atoms with Crippen molar-refractivity contribution in [1.82, 2.24) is 10.2 Å². The molecule has 4 nitrogen and oxygen atoms in total. The third-order valence-corrected chi connectivity index (χ3v) is 2.82. The lowest BCUT2D eigenvalue weighted by Crippen LogP contribution is -2.00. The number of nitrogens with zero attached hydrogens (tertiary/aromatic N) is 2. The fraction of sp³-hybridized carbons (Fsp3) is 0.200. The summed E-state index contributed by atoms with van der Waals surface area (Å²) >= 11 is 9.25. The summed E-state index contributed by atoms with van der Waals surface area (Å²) in [6, 6.07) is 5.52. The average molecular weight is 303 g/mol. The normalized spacial score (nSPS) is 10.4. The lowest BCUT2D eigenvalue weighted by molar-refractivity contribution is 0.475. The van der Waals surface area contributed by atoms with Gasteiger partial charge in [-0.05, 0) is 34.1 Å². The molecule has 2 aromatic rings. The molecule has 0 aliphatic heterocycles. The Bertz CT molecular complexity index is 501. The van der Waals surface area contributed by atoms with Crippen molar-refractivity contribution in [3.63, 3.8) is 0 Å². The van der Waals surface area contributed by atoms with E-state index in [1.807, 2.05) is 18.2 Å². The Kier molecular flexibility index (Phi) is 3.46. The largest absolute Gasteiger partial charge is 0.424 e. The van der Waals surface area contributed by atoms with Crippen molar-refractivity contribution in [2.24, 2.45) is 0 Å². The molecule has 0 saturated heterocycles. The van der Waals surface area contributed by atoms with Gasteiger partial charge in [0.25, 0.3) is 0 Å². The Balaban J connectivity index is 2.04. The van der Waals surface area contributed by atoms with Crippen LogP contribution >= 0.6 is 27.5 Å². The fourth-order valence-corrected chi connectivity index (χ4v) is 2.04. The maximum atomic E-state index is 5.84. The van der Waals surface area contributed by atoms with Crippen molar-refractivity contribution in [3.05, 3.63) is 39.5 Å². The number of hydrogen-bond acceptors (Lipinski definition) is 4. The molecule has 1 aromatic carbocycles. The summed E-state index contributed by atoms with van der Waals surface area (Å²) in [6.07, 6.45) is 0. The molecule has 1 heterocycles. The third kappa shape index (κ3) is 2.74. The van der Waals surface area contributed by atoms with Crippen LogP contribution in [0.1, 0.15) is 11.8 Å². The van der Waals surface area contributed by atoms with E-state index in [0.717, 1.165) is 10.2 Å². The summed E-state index contributed by atoms with van der Waals surface area (Å²) in [5, 5.41) is 11.5. The van der Waals surface area contributed by atoms with Crippen molar-refractivity contribution in [3.8, 4) is 0 Å². The van der Waals surface area contributed by atoms with Crippen LogP contribution in [0.5, 0.6) is 0 Å². The number of hydrogen-bond donors (Lipinski definition) is 1. The lowest BCUT2D eigenvalue weighted by atomic mass is 10.3. The number of nitrogens with one attached hydrogen (secondary N) is 1. The second-order valence-corrected chi connectivity index (χ2v) is 4.48. The van der Waals surface area contributed by atoms with Crippen molar-refractivity contribution in [2.45, 2.75) is 13.5 Å². The van der Waals surface area contributed by atoms with E-state index in [0.29, 0.717) is 23.3 Å². The molecule has 0 bridgehead atoms. The van der Waals surface area contributed by atoms with Crippen LogP contribution in [0.25, 0.3) is 0 Å². The molecule has 0 radical (unpaired) electrons. The van der Waals surface area contributed by atoms with Crippen LogP contribution in [-0.4, -0.2) is 10.2 Å². The number of aromatic nitrogens is 2. The number of aryl methyl sites for hydroxylation is 1. The van der Waals surface area contributed by atoms with Gasteiger partial charge in [0.1, 0.15) is 0 Å². The minimum absolute atomic E-state index is 0.487. The molecule has 0 amide bonds. The lowest BCUT2D eigenvalue weighted by Gasteiger charge is -2.06. The second-order valence-electron chi connectivity index (χ2n) is 3.19. The Hall–Kier alpha value is -1.07. The van der Waals surface area contributed by atoms with Crippen molar-refractivity contribution in [1.29, 1.82) is 0 Å². The number of halogens is 2. The molecule has 0 unspecified atom stereocenters. The fourth-order valence-electron chi connectivity index (χ4n) is 1.21. The zero-order valence-electron chi connectivity index (χ0n) is 8.50. The first-order chi connectivity index (χ1) is 7.65. The van der Waals surface area contributed by atoms with Crippen molar-refractivity contribution in [2.75, 3.05) is 5.32 Å². The Labute approximate surface area is 106 Å². The summed E-state index contributed by atoms with van der Waals surface area (Å²) in [7, 11) is 0. The molecule has 2 rings (SSSR count). The van der Waals surface area contributed by atoms with Gasteiger partial charge in [0, 0.05) is 22.1 Å². The van der Waals surface area contributed by atoms with Crippen LogP contribution in [0.3, 0.4) is 0 Å². The molecule has 6 heteroatoms. The van der Waals surface area contributed by atoms with Gasteiger partial charge in [-0.15, -0.1) is 10.2 Å². The van der Waals surface area contributed by atoms with Crippen LogP contribution < -0.4 is 5.32 Å². The highest BCUT2D eigenvalue weighted by molar-refractivity contribution is 9.10. The molecule has 0 saturated carbocycles. The summed E-state index contributed by atoms with van der Waals surface area (Å²) in [5.41, 5.74) is 0.931. The van der Waals surface area contributed by atoms with Crippen LogP contribution in [0.2, 0.25) is 5.02 Å². The predicted molar refractivity (Wildman–Crippen MR) is 65.5 cm³/mol. The molecular formula is C10H9BrClN3O. The smallest absolute Gasteiger partial charge is 0.235 e. The third-order valence-electron chi connectivity index (χ3n) is 1.93. The zero-order chi connectivity index (χ0) is 11.5. The van der Waals surface area contributed by atoms with Gasteiger partial charge >= 0.3 is 0 Å². The number of benzene rings is 1. The molecule has 16 heavy (non-hydrogen) atoms. The van der Waals surface area contributed by atoms with Gasteiger partial charge < -0.3 is 9.73 Å². The first-order valence-corrected chi connectivity index (χ1v) is 5.80. The van der Waals surface area contributed by atoms with E-state index in [1.54, 1.807) is 6.92 Å². The summed E-state index contributed by atoms with van der Waals surface area (Å²) in [5.74, 6) is 1.12. The van der Waals surface area contributed by atoms with Crippen LogP contribution in [0, 0.1) is 6.92 Å². The minimum atomic E-state index is 0.487. The van der Waals surface area contributed by atoms with Gasteiger partial charge in [-0.25, -0.2) is 0 Å². The van der Waals surface area contributed by atoms with Gasteiger partial charge in [-0.3, -0.25) is 0 Å². The van der Waals surface area contributed by atoms with Crippen LogP contribution in [0.15, 0.2) is 27.1 Å². The molecule has 0 aliphatic rings. The Morgan fingerprint density at radius 3 is 2.88 bits per heavy atom. The van der Waals surface area contributed by atoms with Gasteiger partial charge in [0.2, 0.25) is 11.8 Å². The SMILES string of the molecule is Cc1nnc(CNc2ccc(Cl)cc2Br)o1. The molecular weight excluding hydrogens is 293 g/mol. The molecule has 0 spiro atoms. The monoisotopic (exact) mass is 301 g/mol. The van der Waals surface area contributed by atoms with E-state index in [2.05, 4.69) is 31.4 Å². The molecule has 1 aromatic heterocycles. The predicted octanol–water partition coefficient (Wildman–Crippen LogP) is 3.41. The van der Waals surface area contributed by atoms with Crippen molar-refractivity contribution < 1.29 is 4.42 Å². The molecule has 0 aliphatic carbocycles. The highest BCUT2D eigenvalue weighted by atomic mass is 79.9. The van der Waals surface area contributed by atoms with E-state index in [4.69, 9.17) is 16.0 Å². The summed E-state index contributed by atoms with van der Waals surface area (Å²) in [6.45, 7) is 2.25. The highest BCUT2D eigenvalue weighted by Gasteiger charge is 2.04. The minimum Gasteiger partial charge on any atom is -0.424 e. The first kappa shape index (κ1) is 11.4. The Morgan fingerprint density at radius 2 is 2.25 bits per heavy atom. The van der Waals surface area contributed by atoms with Gasteiger partial charge in [-0.2, -0.15) is 0 Å². The van der Waals surface area contributed by atoms with Gasteiger partial charge in [0.05, 0.1) is 6.54 Å². The zero-order valence-corrected chi connectivity index (χ0v) is 10.8. The molecule has 0 fully saturated rings. The quantitative estimate of drug-likeness (QED) is 0.944. The number of rotatable bonds is 3. The van der Waals surface area contributed by atoms with E-state index < -0.39 is 0 Å². The standard InChI is InChI=1S/C10H9BrClN3O/c1-6-14-15-10(16-6)5-13-9-3-2-7(12)4-8(9)11/h2-4,13H,5H2,1H3. The average Bonchev–Trinajstić information content (AvgIpc) is 2.63. The summed E-state index contributed by atoms with van der Waals surface area (Å²) < 4.78 is 6.14. The first-order valence-electron chi connectivity index (χ1n) is 4.63. The van der Waals surface area contributed by atoms with Gasteiger partial charge in [-0.1, -0.05) is 11.6 Å². The summed E-state index contributed by atoms with van der Waals surface area (Å²) in [4.78, 5) is 0. The molecule has 0 atom stereocenters. The van der Waals surface area contributed by atoms with E-state index in [1.165, 1.54) is 0 Å². The second kappa shape index (κ2) is 4.84. The van der Waals surface area contributed by atoms with E-state index >= 15 is 0 Å². The topological polar surface area (TPSA) is 51.0 Å². The van der Waals surface area contributed by atoms with Gasteiger partial charge in [0.15, 0.2) is 0 Å². The van der Waals surface area contributed by atoms with Crippen LogP contribution in [-0.2, 0) is 6.54 Å².